The molecular weight excluding hydrogens is 362 g/mol. The van der Waals surface area contributed by atoms with Crippen molar-refractivity contribution in [3.63, 3.8) is 0 Å². The van der Waals surface area contributed by atoms with E-state index < -0.39 is 5.92 Å². The number of amides is 2. The summed E-state index contributed by atoms with van der Waals surface area (Å²) in [6, 6.07) is 17.0. The van der Waals surface area contributed by atoms with Crippen LogP contribution in [0.2, 0.25) is 5.02 Å². The minimum Gasteiger partial charge on any atom is -0.381 e. The fourth-order valence-electron chi connectivity index (χ4n) is 3.82. The Balaban J connectivity index is 1.44. The van der Waals surface area contributed by atoms with E-state index in [0.29, 0.717) is 10.7 Å². The van der Waals surface area contributed by atoms with Crippen LogP contribution in [0.4, 0.5) is 10.5 Å². The minimum absolute atomic E-state index is 0.128. The van der Waals surface area contributed by atoms with Crippen molar-refractivity contribution < 1.29 is 9.53 Å². The van der Waals surface area contributed by atoms with Crippen molar-refractivity contribution in [1.82, 2.24) is 4.90 Å². The molecule has 2 fully saturated rings. The zero-order valence-electron chi connectivity index (χ0n) is 14.8. The first kappa shape index (κ1) is 17.8. The highest BCUT2D eigenvalue weighted by molar-refractivity contribution is 6.31. The number of nitrogens with one attached hydrogen (secondary N) is 1. The maximum atomic E-state index is 12.4. The van der Waals surface area contributed by atoms with Gasteiger partial charge in [-0.05, 0) is 29.7 Å². The molecule has 6 heteroatoms. The smallest absolute Gasteiger partial charge is 0.321 e. The normalized spacial score (nSPS) is 18.6. The molecule has 0 aromatic heterocycles. The summed E-state index contributed by atoms with van der Waals surface area (Å²) in [5.74, 6) is -0.443. The number of likely N-dealkylation sites (tertiary alicyclic amines) is 1. The molecule has 2 aromatic rings. The molecule has 0 saturated carbocycles. The van der Waals surface area contributed by atoms with Gasteiger partial charge in [0.1, 0.15) is 0 Å². The van der Waals surface area contributed by atoms with Crippen molar-refractivity contribution in [3.8, 4) is 6.07 Å². The third kappa shape index (κ3) is 3.51. The van der Waals surface area contributed by atoms with Crippen LogP contribution in [0.5, 0.6) is 0 Å². The van der Waals surface area contributed by atoms with E-state index >= 15 is 0 Å². The van der Waals surface area contributed by atoms with Gasteiger partial charge in [0, 0.05) is 35.8 Å². The number of nitrogens with zero attached hydrogens (tertiary/aromatic N) is 2. The molecule has 0 radical (unpaired) electrons. The number of carbonyl (C=O) groups excluding carboxylic acids is 1. The van der Waals surface area contributed by atoms with Gasteiger partial charge in [-0.25, -0.2) is 4.79 Å². The van der Waals surface area contributed by atoms with Gasteiger partial charge in [-0.15, -0.1) is 0 Å². The van der Waals surface area contributed by atoms with Gasteiger partial charge in [-0.3, -0.25) is 0 Å². The molecule has 4 rings (SSSR count). The molecule has 1 spiro atoms. The average molecular weight is 382 g/mol. The second-order valence-corrected chi connectivity index (χ2v) is 7.71. The van der Waals surface area contributed by atoms with E-state index in [2.05, 4.69) is 11.4 Å². The van der Waals surface area contributed by atoms with Gasteiger partial charge in [0.05, 0.1) is 18.6 Å². The molecule has 2 amide bonds. The van der Waals surface area contributed by atoms with E-state index in [1.807, 2.05) is 30.3 Å². The Bertz CT molecular complexity index is 880. The van der Waals surface area contributed by atoms with Crippen molar-refractivity contribution in [3.05, 3.63) is 64.7 Å². The van der Waals surface area contributed by atoms with Crippen molar-refractivity contribution in [2.45, 2.75) is 12.3 Å². The summed E-state index contributed by atoms with van der Waals surface area (Å²) in [6.45, 7) is 2.99. The van der Waals surface area contributed by atoms with Crippen LogP contribution in [0, 0.1) is 16.7 Å². The van der Waals surface area contributed by atoms with Crippen LogP contribution in [0.3, 0.4) is 0 Å². The van der Waals surface area contributed by atoms with Crippen molar-refractivity contribution in [2.24, 2.45) is 5.41 Å². The van der Waals surface area contributed by atoms with Gasteiger partial charge in [0.25, 0.3) is 0 Å². The molecule has 1 unspecified atom stereocenters. The third-order valence-electron chi connectivity index (χ3n) is 5.35. The van der Waals surface area contributed by atoms with E-state index in [4.69, 9.17) is 16.3 Å². The monoisotopic (exact) mass is 381 g/mol. The van der Waals surface area contributed by atoms with Gasteiger partial charge in [-0.1, -0.05) is 48.0 Å². The molecule has 2 aliphatic rings. The number of hydrogen-bond acceptors (Lipinski definition) is 3. The van der Waals surface area contributed by atoms with Gasteiger partial charge in [0.15, 0.2) is 0 Å². The summed E-state index contributed by atoms with van der Waals surface area (Å²) in [5, 5.41) is 12.9. The van der Waals surface area contributed by atoms with Crippen LogP contribution in [0.25, 0.3) is 0 Å². The topological polar surface area (TPSA) is 65.4 Å². The number of anilines is 1. The summed E-state index contributed by atoms with van der Waals surface area (Å²) >= 11 is 6.43. The van der Waals surface area contributed by atoms with Crippen LogP contribution in [0.1, 0.15) is 23.5 Å². The fourth-order valence-corrected chi connectivity index (χ4v) is 4.11. The first-order chi connectivity index (χ1) is 13.1. The molecule has 5 nitrogen and oxygen atoms in total. The predicted octanol–water partition coefficient (Wildman–Crippen LogP) is 4.25. The molecule has 2 aliphatic heterocycles. The van der Waals surface area contributed by atoms with Crippen molar-refractivity contribution >= 4 is 23.3 Å². The van der Waals surface area contributed by atoms with Crippen molar-refractivity contribution in [1.29, 1.82) is 5.26 Å². The summed E-state index contributed by atoms with van der Waals surface area (Å²) in [4.78, 5) is 14.2. The lowest BCUT2D eigenvalue weighted by molar-refractivity contribution is 0.0255. The molecule has 27 heavy (non-hydrogen) atoms. The molecule has 1 atom stereocenters. The number of benzene rings is 2. The Kier molecular flexibility index (Phi) is 4.77. The predicted molar refractivity (Wildman–Crippen MR) is 104 cm³/mol. The highest BCUT2D eigenvalue weighted by Gasteiger charge is 2.47. The molecule has 2 heterocycles. The number of urea groups is 1. The van der Waals surface area contributed by atoms with Crippen molar-refractivity contribution in [2.75, 3.05) is 31.6 Å². The molecule has 2 aromatic carbocycles. The van der Waals surface area contributed by atoms with Gasteiger partial charge in [0.2, 0.25) is 0 Å². The van der Waals surface area contributed by atoms with E-state index in [1.165, 1.54) is 0 Å². The molecular formula is C21H20ClN3O2. The lowest BCUT2D eigenvalue weighted by Crippen LogP contribution is -2.59. The van der Waals surface area contributed by atoms with Crippen LogP contribution in [-0.4, -0.2) is 37.2 Å². The zero-order valence-corrected chi connectivity index (χ0v) is 15.6. The summed E-state index contributed by atoms with van der Waals surface area (Å²) in [5.41, 5.74) is 2.41. The average Bonchev–Trinajstić information content (AvgIpc) is 3.14. The second kappa shape index (κ2) is 7.22. The lowest BCUT2D eigenvalue weighted by atomic mass is 9.79. The molecule has 1 N–H and O–H groups in total. The standard InChI is InChI=1S/C21H20ClN3O2/c22-19-10-16(24-20(26)25-12-21(13-25)8-9-27-14-21)6-7-17(19)18(11-23)15-4-2-1-3-5-15/h1-7,10,18H,8-9,12-14H2,(H,24,26). The Morgan fingerprint density at radius 3 is 2.67 bits per heavy atom. The highest BCUT2D eigenvalue weighted by atomic mass is 35.5. The van der Waals surface area contributed by atoms with Crippen LogP contribution < -0.4 is 5.32 Å². The lowest BCUT2D eigenvalue weighted by Gasteiger charge is -2.46. The number of ether oxygens (including phenoxy) is 1. The Morgan fingerprint density at radius 1 is 1.26 bits per heavy atom. The fraction of sp³-hybridized carbons (Fsp3) is 0.333. The summed E-state index contributed by atoms with van der Waals surface area (Å²) in [7, 11) is 0. The zero-order chi connectivity index (χ0) is 18.9. The van der Waals surface area contributed by atoms with Gasteiger partial charge in [-0.2, -0.15) is 5.26 Å². The van der Waals surface area contributed by atoms with Gasteiger partial charge < -0.3 is 15.0 Å². The second-order valence-electron chi connectivity index (χ2n) is 7.30. The highest BCUT2D eigenvalue weighted by Crippen LogP contribution is 2.38. The van der Waals surface area contributed by atoms with E-state index in [-0.39, 0.29) is 11.4 Å². The summed E-state index contributed by atoms with van der Waals surface area (Å²) < 4.78 is 5.44. The van der Waals surface area contributed by atoms with Crippen LogP contribution >= 0.6 is 11.6 Å². The minimum atomic E-state index is -0.443. The summed E-state index contributed by atoms with van der Waals surface area (Å²) in [6.07, 6.45) is 1.02. The number of halogens is 1. The molecule has 138 valence electrons. The molecule has 0 bridgehead atoms. The van der Waals surface area contributed by atoms with Gasteiger partial charge >= 0.3 is 6.03 Å². The first-order valence-electron chi connectivity index (χ1n) is 8.98. The number of nitriles is 1. The van der Waals surface area contributed by atoms with Crippen LogP contribution in [-0.2, 0) is 4.74 Å². The first-order valence-corrected chi connectivity index (χ1v) is 9.36. The molecule has 2 saturated heterocycles. The van der Waals surface area contributed by atoms with E-state index in [9.17, 15) is 10.1 Å². The molecule has 0 aliphatic carbocycles. The van der Waals surface area contributed by atoms with E-state index in [1.54, 1.807) is 23.1 Å². The van der Waals surface area contributed by atoms with E-state index in [0.717, 1.165) is 43.9 Å². The number of carbonyl (C=O) groups is 1. The van der Waals surface area contributed by atoms with Crippen LogP contribution in [0.15, 0.2) is 48.5 Å². The largest absolute Gasteiger partial charge is 0.381 e. The number of hydrogen-bond donors (Lipinski definition) is 1. The third-order valence-corrected chi connectivity index (χ3v) is 5.68. The SMILES string of the molecule is N#CC(c1ccccc1)c1ccc(NC(=O)N2CC3(CCOC3)C2)cc1Cl. The Labute approximate surface area is 163 Å². The Morgan fingerprint density at radius 2 is 2.04 bits per heavy atom. The Hall–Kier alpha value is -2.55. The number of rotatable bonds is 3. The maximum absolute atomic E-state index is 12.4. The quantitative estimate of drug-likeness (QED) is 0.864. The maximum Gasteiger partial charge on any atom is 0.321 e.